The molecule has 0 aliphatic carbocycles. The number of phosphoric acid groups is 1. The summed E-state index contributed by atoms with van der Waals surface area (Å²) in [6.45, 7) is 5.01. The van der Waals surface area contributed by atoms with Crippen LogP contribution in [0.5, 0.6) is 0 Å². The number of esters is 1. The lowest BCUT2D eigenvalue weighted by molar-refractivity contribution is -0.138. The van der Waals surface area contributed by atoms with Crippen LogP contribution in [0.4, 0.5) is 0 Å². The van der Waals surface area contributed by atoms with Crippen molar-refractivity contribution in [2.45, 2.75) is 13.3 Å². The van der Waals surface area contributed by atoms with Crippen molar-refractivity contribution in [1.29, 1.82) is 0 Å². The van der Waals surface area contributed by atoms with E-state index in [-0.39, 0.29) is 25.2 Å². The van der Waals surface area contributed by atoms with E-state index in [1.807, 2.05) is 0 Å². The molecule has 2 N–H and O–H groups in total. The fraction of sp³-hybridized carbons (Fsp3) is 0.571. The van der Waals surface area contributed by atoms with E-state index in [2.05, 4.69) is 15.8 Å². The van der Waals surface area contributed by atoms with Gasteiger partial charge in [0.05, 0.1) is 13.2 Å². The standard InChI is InChI=1S/C7H13O6P/c1-3-12-7(8)6(2)4-5-13-14(9,10)11/h2-5H2,1H3,(H2,9,10,11). The molecule has 0 rings (SSSR count). The molecule has 0 heterocycles. The lowest BCUT2D eigenvalue weighted by Crippen LogP contribution is -2.08. The van der Waals surface area contributed by atoms with Crippen molar-refractivity contribution < 1.29 is 28.4 Å². The maximum Gasteiger partial charge on any atom is 0.469 e. The Kier molecular flexibility index (Phi) is 5.64. The van der Waals surface area contributed by atoms with Crippen LogP contribution in [0.3, 0.4) is 0 Å². The Labute approximate surface area is 81.8 Å². The smallest absolute Gasteiger partial charge is 0.463 e. The summed E-state index contributed by atoms with van der Waals surface area (Å²) in [6, 6.07) is 0. The van der Waals surface area contributed by atoms with E-state index in [4.69, 9.17) is 9.79 Å². The number of carbonyl (C=O) groups excluding carboxylic acids is 1. The monoisotopic (exact) mass is 224 g/mol. The van der Waals surface area contributed by atoms with E-state index < -0.39 is 13.8 Å². The molecule has 0 saturated heterocycles. The Balaban J connectivity index is 3.75. The van der Waals surface area contributed by atoms with Gasteiger partial charge >= 0.3 is 13.8 Å². The molecule has 0 unspecified atom stereocenters. The van der Waals surface area contributed by atoms with Gasteiger partial charge in [0.15, 0.2) is 0 Å². The molecule has 0 spiro atoms. The number of hydrogen-bond donors (Lipinski definition) is 2. The lowest BCUT2D eigenvalue weighted by Gasteiger charge is -2.06. The highest BCUT2D eigenvalue weighted by Gasteiger charge is 2.15. The second-order valence-electron chi connectivity index (χ2n) is 2.40. The molecular weight excluding hydrogens is 211 g/mol. The number of phosphoric ester groups is 1. The van der Waals surface area contributed by atoms with Crippen LogP contribution < -0.4 is 0 Å². The first kappa shape index (κ1) is 13.3. The van der Waals surface area contributed by atoms with Gasteiger partial charge in [-0.1, -0.05) is 6.58 Å². The summed E-state index contributed by atoms with van der Waals surface area (Å²) < 4.78 is 19.0. The maximum atomic E-state index is 10.9. The zero-order chi connectivity index (χ0) is 11.2. The highest BCUT2D eigenvalue weighted by molar-refractivity contribution is 7.46. The lowest BCUT2D eigenvalue weighted by atomic mass is 10.2. The average molecular weight is 224 g/mol. The molecule has 0 aliphatic rings. The van der Waals surface area contributed by atoms with Crippen molar-refractivity contribution in [3.63, 3.8) is 0 Å². The molecule has 0 radical (unpaired) electrons. The third kappa shape index (κ3) is 6.80. The van der Waals surface area contributed by atoms with Crippen molar-refractivity contribution in [1.82, 2.24) is 0 Å². The van der Waals surface area contributed by atoms with Crippen LogP contribution in [0, 0.1) is 0 Å². The summed E-state index contributed by atoms with van der Waals surface area (Å²) in [5, 5.41) is 0. The Morgan fingerprint density at radius 3 is 2.50 bits per heavy atom. The van der Waals surface area contributed by atoms with Crippen LogP contribution in [0.2, 0.25) is 0 Å². The molecule has 0 aliphatic heterocycles. The van der Waals surface area contributed by atoms with Gasteiger partial charge in [0.25, 0.3) is 0 Å². The first-order chi connectivity index (χ1) is 6.37. The van der Waals surface area contributed by atoms with Crippen molar-refractivity contribution >= 4 is 13.8 Å². The molecule has 0 bridgehead atoms. The van der Waals surface area contributed by atoms with Gasteiger partial charge in [-0.05, 0) is 6.92 Å². The Bertz CT molecular complexity index is 255. The van der Waals surface area contributed by atoms with E-state index in [0.717, 1.165) is 0 Å². The summed E-state index contributed by atoms with van der Waals surface area (Å²) in [7, 11) is -4.46. The quantitative estimate of drug-likeness (QED) is 0.390. The molecule has 0 aromatic rings. The van der Waals surface area contributed by atoms with Crippen molar-refractivity contribution in [2.75, 3.05) is 13.2 Å². The molecule has 14 heavy (non-hydrogen) atoms. The molecule has 6 nitrogen and oxygen atoms in total. The highest BCUT2D eigenvalue weighted by Crippen LogP contribution is 2.35. The second-order valence-corrected chi connectivity index (χ2v) is 3.64. The minimum Gasteiger partial charge on any atom is -0.463 e. The first-order valence-electron chi connectivity index (χ1n) is 3.91. The number of hydrogen-bond acceptors (Lipinski definition) is 4. The predicted octanol–water partition coefficient (Wildman–Crippen LogP) is 0.605. The molecule has 0 saturated carbocycles. The van der Waals surface area contributed by atoms with Crippen LogP contribution in [0.25, 0.3) is 0 Å². The predicted molar refractivity (Wildman–Crippen MR) is 48.4 cm³/mol. The van der Waals surface area contributed by atoms with Crippen LogP contribution in [0.1, 0.15) is 13.3 Å². The summed E-state index contributed by atoms with van der Waals surface area (Å²) in [5.41, 5.74) is 0.125. The van der Waals surface area contributed by atoms with Gasteiger partial charge in [-0.25, -0.2) is 9.36 Å². The van der Waals surface area contributed by atoms with Gasteiger partial charge in [-0.2, -0.15) is 0 Å². The fourth-order valence-corrected chi connectivity index (χ4v) is 0.952. The van der Waals surface area contributed by atoms with Crippen molar-refractivity contribution in [3.05, 3.63) is 12.2 Å². The average Bonchev–Trinajstić information content (AvgIpc) is 2.02. The third-order valence-electron chi connectivity index (χ3n) is 1.23. The van der Waals surface area contributed by atoms with Crippen molar-refractivity contribution in [2.24, 2.45) is 0 Å². The Morgan fingerprint density at radius 2 is 2.07 bits per heavy atom. The van der Waals surface area contributed by atoms with Gasteiger partial charge in [-0.3, -0.25) is 4.52 Å². The topological polar surface area (TPSA) is 93.1 Å². The molecule has 7 heteroatoms. The fourth-order valence-electron chi connectivity index (χ4n) is 0.623. The van der Waals surface area contributed by atoms with Crippen LogP contribution >= 0.6 is 7.82 Å². The van der Waals surface area contributed by atoms with Gasteiger partial charge in [0.1, 0.15) is 0 Å². The van der Waals surface area contributed by atoms with E-state index in [1.54, 1.807) is 6.92 Å². The molecule has 0 fully saturated rings. The molecule has 0 amide bonds. The van der Waals surface area contributed by atoms with E-state index in [1.165, 1.54) is 0 Å². The third-order valence-corrected chi connectivity index (χ3v) is 1.75. The van der Waals surface area contributed by atoms with E-state index >= 15 is 0 Å². The van der Waals surface area contributed by atoms with Gasteiger partial charge < -0.3 is 14.5 Å². The first-order valence-corrected chi connectivity index (χ1v) is 5.45. The van der Waals surface area contributed by atoms with Gasteiger partial charge in [-0.15, -0.1) is 0 Å². The Hall–Kier alpha value is -0.680. The van der Waals surface area contributed by atoms with E-state index in [0.29, 0.717) is 0 Å². The van der Waals surface area contributed by atoms with Crippen LogP contribution in [-0.4, -0.2) is 29.0 Å². The normalized spacial score (nSPS) is 11.1. The minimum absolute atomic E-state index is 0.0317. The summed E-state index contributed by atoms with van der Waals surface area (Å²) >= 11 is 0. The highest BCUT2D eigenvalue weighted by atomic mass is 31.2. The zero-order valence-electron chi connectivity index (χ0n) is 7.80. The van der Waals surface area contributed by atoms with E-state index in [9.17, 15) is 9.36 Å². The molecule has 0 aromatic heterocycles. The molecule has 82 valence electrons. The van der Waals surface area contributed by atoms with Crippen LogP contribution in [0.15, 0.2) is 12.2 Å². The SMILES string of the molecule is C=C(CCOP(=O)(O)O)C(=O)OCC. The number of rotatable bonds is 6. The largest absolute Gasteiger partial charge is 0.469 e. The Morgan fingerprint density at radius 1 is 1.50 bits per heavy atom. The molecule has 0 atom stereocenters. The molecule has 0 aromatic carbocycles. The maximum absolute atomic E-state index is 10.9. The number of carbonyl (C=O) groups is 1. The summed E-state index contributed by atoms with van der Waals surface area (Å²) in [6.07, 6.45) is 0.0317. The zero-order valence-corrected chi connectivity index (χ0v) is 8.70. The summed E-state index contributed by atoms with van der Waals surface area (Å²) in [5.74, 6) is -0.582. The van der Waals surface area contributed by atoms with Crippen molar-refractivity contribution in [3.8, 4) is 0 Å². The molecular formula is C7H13O6P. The summed E-state index contributed by atoms with van der Waals surface area (Å²) in [4.78, 5) is 27.6. The van der Waals surface area contributed by atoms with Gasteiger partial charge in [0.2, 0.25) is 0 Å². The number of ether oxygens (including phenoxy) is 1. The van der Waals surface area contributed by atoms with Gasteiger partial charge in [0, 0.05) is 12.0 Å². The second kappa shape index (κ2) is 5.93. The van der Waals surface area contributed by atoms with Crippen LogP contribution in [-0.2, 0) is 18.6 Å². The minimum atomic E-state index is -4.46.